The summed E-state index contributed by atoms with van der Waals surface area (Å²) < 4.78 is 14.8. The number of hydrogen-bond acceptors (Lipinski definition) is 7. The summed E-state index contributed by atoms with van der Waals surface area (Å²) in [5.41, 5.74) is 1.34. The SMILES string of the molecule is COC(=O)c1c(-c2ccccc2Cl)csc1NC(=O)COC(=O)/C=C/c1ccco1. The fourth-order valence-electron chi connectivity index (χ4n) is 2.52. The van der Waals surface area contributed by atoms with E-state index in [9.17, 15) is 14.4 Å². The van der Waals surface area contributed by atoms with E-state index in [1.54, 1.807) is 41.8 Å². The van der Waals surface area contributed by atoms with Gasteiger partial charge in [-0.25, -0.2) is 9.59 Å². The first-order chi connectivity index (χ1) is 14.5. The van der Waals surface area contributed by atoms with Gasteiger partial charge in [0.05, 0.1) is 13.4 Å². The molecule has 7 nitrogen and oxygen atoms in total. The number of thiophene rings is 1. The van der Waals surface area contributed by atoms with Gasteiger partial charge in [-0.15, -0.1) is 11.3 Å². The van der Waals surface area contributed by atoms with E-state index >= 15 is 0 Å². The molecule has 2 aromatic heterocycles. The lowest BCUT2D eigenvalue weighted by molar-refractivity contribution is -0.142. The van der Waals surface area contributed by atoms with Crippen LogP contribution in [0.4, 0.5) is 5.00 Å². The molecule has 3 rings (SSSR count). The van der Waals surface area contributed by atoms with Crippen molar-refractivity contribution < 1.29 is 28.3 Å². The molecule has 0 saturated heterocycles. The highest BCUT2D eigenvalue weighted by atomic mass is 35.5. The van der Waals surface area contributed by atoms with Crippen LogP contribution in [0.2, 0.25) is 5.02 Å². The lowest BCUT2D eigenvalue weighted by Gasteiger charge is -2.08. The van der Waals surface area contributed by atoms with Crippen molar-refractivity contribution in [1.29, 1.82) is 0 Å². The van der Waals surface area contributed by atoms with E-state index in [1.807, 2.05) is 0 Å². The van der Waals surface area contributed by atoms with Gasteiger partial charge in [0.15, 0.2) is 6.61 Å². The molecule has 3 aromatic rings. The summed E-state index contributed by atoms with van der Waals surface area (Å²) >= 11 is 7.38. The maximum atomic E-state index is 12.3. The molecule has 1 N–H and O–H groups in total. The number of halogens is 1. The van der Waals surface area contributed by atoms with Crippen LogP contribution >= 0.6 is 22.9 Å². The van der Waals surface area contributed by atoms with Crippen molar-refractivity contribution in [1.82, 2.24) is 0 Å². The molecular weight excluding hydrogens is 430 g/mol. The number of nitrogens with one attached hydrogen (secondary N) is 1. The molecule has 0 bridgehead atoms. The molecule has 9 heteroatoms. The highest BCUT2D eigenvalue weighted by molar-refractivity contribution is 7.15. The van der Waals surface area contributed by atoms with Crippen LogP contribution in [0, 0.1) is 0 Å². The van der Waals surface area contributed by atoms with Gasteiger partial charge < -0.3 is 19.2 Å². The van der Waals surface area contributed by atoms with E-state index in [-0.39, 0.29) is 10.6 Å². The van der Waals surface area contributed by atoms with Gasteiger partial charge in [0.25, 0.3) is 5.91 Å². The Morgan fingerprint density at radius 2 is 1.97 bits per heavy atom. The van der Waals surface area contributed by atoms with Crippen LogP contribution in [-0.2, 0) is 19.1 Å². The average Bonchev–Trinajstić information content (AvgIpc) is 3.40. The molecule has 0 fully saturated rings. The molecule has 0 aliphatic heterocycles. The minimum Gasteiger partial charge on any atom is -0.465 e. The zero-order chi connectivity index (χ0) is 21.5. The lowest BCUT2D eigenvalue weighted by Crippen LogP contribution is -2.21. The average molecular weight is 446 g/mol. The number of carbonyl (C=O) groups excluding carboxylic acids is 3. The van der Waals surface area contributed by atoms with Crippen molar-refractivity contribution in [3.05, 3.63) is 70.5 Å². The zero-order valence-electron chi connectivity index (χ0n) is 15.7. The van der Waals surface area contributed by atoms with Crippen LogP contribution < -0.4 is 5.32 Å². The molecular formula is C21H16ClNO6S. The van der Waals surface area contributed by atoms with Gasteiger partial charge >= 0.3 is 11.9 Å². The number of ether oxygens (including phenoxy) is 2. The first-order valence-corrected chi connectivity index (χ1v) is 9.88. The second-order valence-electron chi connectivity index (χ2n) is 5.83. The maximum absolute atomic E-state index is 12.3. The molecule has 1 amide bonds. The highest BCUT2D eigenvalue weighted by Gasteiger charge is 2.23. The number of anilines is 1. The van der Waals surface area contributed by atoms with Crippen molar-refractivity contribution in [2.75, 3.05) is 19.0 Å². The van der Waals surface area contributed by atoms with Crippen molar-refractivity contribution in [3.63, 3.8) is 0 Å². The Kier molecular flexibility index (Phi) is 7.05. The number of furan rings is 1. The first kappa shape index (κ1) is 21.4. The molecule has 0 aliphatic carbocycles. The summed E-state index contributed by atoms with van der Waals surface area (Å²) in [5.74, 6) is -1.46. The minimum absolute atomic E-state index is 0.174. The highest BCUT2D eigenvalue weighted by Crippen LogP contribution is 2.39. The molecule has 1 aromatic carbocycles. The number of esters is 2. The predicted molar refractivity (Wildman–Crippen MR) is 113 cm³/mol. The zero-order valence-corrected chi connectivity index (χ0v) is 17.3. The molecule has 2 heterocycles. The topological polar surface area (TPSA) is 94.8 Å². The second-order valence-corrected chi connectivity index (χ2v) is 7.12. The van der Waals surface area contributed by atoms with Crippen LogP contribution in [0.1, 0.15) is 16.1 Å². The van der Waals surface area contributed by atoms with Crippen LogP contribution in [0.3, 0.4) is 0 Å². The number of benzene rings is 1. The van der Waals surface area contributed by atoms with Gasteiger partial charge in [-0.3, -0.25) is 4.79 Å². The molecule has 0 unspecified atom stereocenters. The third kappa shape index (κ3) is 5.16. The van der Waals surface area contributed by atoms with Gasteiger partial charge in [-0.1, -0.05) is 29.8 Å². The van der Waals surface area contributed by atoms with Gasteiger partial charge in [0.1, 0.15) is 16.3 Å². The van der Waals surface area contributed by atoms with Gasteiger partial charge in [-0.05, 0) is 24.3 Å². The summed E-state index contributed by atoms with van der Waals surface area (Å²) in [7, 11) is 1.25. The van der Waals surface area contributed by atoms with Crippen LogP contribution in [-0.4, -0.2) is 31.6 Å². The van der Waals surface area contributed by atoms with Crippen molar-refractivity contribution in [3.8, 4) is 11.1 Å². The maximum Gasteiger partial charge on any atom is 0.341 e. The molecule has 0 radical (unpaired) electrons. The Bertz CT molecular complexity index is 1090. The smallest absolute Gasteiger partial charge is 0.341 e. The van der Waals surface area contributed by atoms with Crippen molar-refractivity contribution in [2.45, 2.75) is 0 Å². The number of hydrogen-bond donors (Lipinski definition) is 1. The first-order valence-electron chi connectivity index (χ1n) is 8.62. The van der Waals surface area contributed by atoms with E-state index in [2.05, 4.69) is 5.32 Å². The standard InChI is InChI=1S/C21H16ClNO6S/c1-27-21(26)19-15(14-6-2-3-7-16(14)22)12-30-20(19)23-17(24)11-29-18(25)9-8-13-5-4-10-28-13/h2-10,12H,11H2,1H3,(H,23,24)/b9-8+. The summed E-state index contributed by atoms with van der Waals surface area (Å²) in [6.45, 7) is -0.527. The van der Waals surface area contributed by atoms with Crippen LogP contribution in [0.5, 0.6) is 0 Å². The fraction of sp³-hybridized carbons (Fsp3) is 0.0952. The normalized spacial score (nSPS) is 10.7. The molecule has 154 valence electrons. The van der Waals surface area contributed by atoms with Gasteiger partial charge in [0, 0.05) is 27.6 Å². The fourth-order valence-corrected chi connectivity index (χ4v) is 3.72. The van der Waals surface area contributed by atoms with Crippen LogP contribution in [0.15, 0.2) is 58.5 Å². The molecule has 30 heavy (non-hydrogen) atoms. The van der Waals surface area contributed by atoms with Gasteiger partial charge in [-0.2, -0.15) is 0 Å². The minimum atomic E-state index is -0.710. The summed E-state index contributed by atoms with van der Waals surface area (Å²) in [6, 6.07) is 10.4. The largest absolute Gasteiger partial charge is 0.465 e. The number of methoxy groups -OCH3 is 1. The number of carbonyl (C=O) groups is 3. The summed E-state index contributed by atoms with van der Waals surface area (Å²) in [6.07, 6.45) is 4.03. The van der Waals surface area contributed by atoms with E-state index < -0.39 is 24.5 Å². The Morgan fingerprint density at radius 1 is 1.17 bits per heavy atom. The molecule has 0 aliphatic rings. The summed E-state index contributed by atoms with van der Waals surface area (Å²) in [5, 5.41) is 4.99. The Hall–Kier alpha value is -3.36. The Morgan fingerprint density at radius 3 is 2.67 bits per heavy atom. The summed E-state index contributed by atoms with van der Waals surface area (Å²) in [4.78, 5) is 36.3. The molecule has 0 saturated carbocycles. The quantitative estimate of drug-likeness (QED) is 0.420. The number of amides is 1. The van der Waals surface area contributed by atoms with Crippen molar-refractivity contribution >= 4 is 51.9 Å². The Labute approximate surface area is 180 Å². The molecule has 0 atom stereocenters. The lowest BCUT2D eigenvalue weighted by atomic mass is 10.0. The molecule has 0 spiro atoms. The van der Waals surface area contributed by atoms with E-state index in [0.29, 0.717) is 21.9 Å². The van der Waals surface area contributed by atoms with Crippen molar-refractivity contribution in [2.24, 2.45) is 0 Å². The third-order valence-corrected chi connectivity index (χ3v) is 5.09. The monoisotopic (exact) mass is 445 g/mol. The van der Waals surface area contributed by atoms with Crippen LogP contribution in [0.25, 0.3) is 17.2 Å². The Balaban J connectivity index is 1.70. The van der Waals surface area contributed by atoms with E-state index in [0.717, 1.165) is 17.4 Å². The predicted octanol–water partition coefficient (Wildman–Crippen LogP) is 4.64. The number of rotatable bonds is 7. The van der Waals surface area contributed by atoms with Gasteiger partial charge in [0.2, 0.25) is 0 Å². The third-order valence-electron chi connectivity index (χ3n) is 3.87. The van der Waals surface area contributed by atoms with E-state index in [1.165, 1.54) is 19.4 Å². The second kappa shape index (κ2) is 9.91. The van der Waals surface area contributed by atoms with E-state index in [4.69, 9.17) is 25.5 Å².